The molecule has 2 aliphatic heterocycles. The first-order valence-electron chi connectivity index (χ1n) is 10.2. The maximum absolute atomic E-state index is 12.8. The van der Waals surface area contributed by atoms with E-state index in [1.54, 1.807) is 18.2 Å². The Morgan fingerprint density at radius 2 is 1.94 bits per heavy atom. The smallest absolute Gasteiger partial charge is 0.406 e. The quantitative estimate of drug-likeness (QED) is 0.712. The largest absolute Gasteiger partial charge is 0.573 e. The molecule has 2 aliphatic rings. The van der Waals surface area contributed by atoms with Crippen LogP contribution in [0, 0.1) is 0 Å². The van der Waals surface area contributed by atoms with Crippen LogP contribution < -0.4 is 20.3 Å². The number of halogens is 3. The summed E-state index contributed by atoms with van der Waals surface area (Å²) in [6, 6.07) is 9.53. The zero-order valence-corrected chi connectivity index (χ0v) is 17.6. The molecule has 2 aromatic carbocycles. The van der Waals surface area contributed by atoms with Gasteiger partial charge in [-0.2, -0.15) is 0 Å². The van der Waals surface area contributed by atoms with Gasteiger partial charge in [0.2, 0.25) is 11.8 Å². The van der Waals surface area contributed by atoms with Gasteiger partial charge in [0.25, 0.3) is 5.91 Å². The summed E-state index contributed by atoms with van der Waals surface area (Å²) in [5.74, 6) is -1.45. The molecule has 11 heteroatoms. The number of rotatable bonds is 5. The summed E-state index contributed by atoms with van der Waals surface area (Å²) in [6.07, 6.45) is -3.08. The van der Waals surface area contributed by atoms with Crippen molar-refractivity contribution in [2.45, 2.75) is 25.2 Å². The van der Waals surface area contributed by atoms with Gasteiger partial charge in [-0.3, -0.25) is 14.4 Å². The SMILES string of the molecule is CN(CC(=O)Nc1ccc(OC(F)(F)F)cc1)C(=O)c1ccc2c(c1)NC(=O)C1CCCN21. The van der Waals surface area contributed by atoms with Gasteiger partial charge in [-0.15, -0.1) is 13.2 Å². The molecule has 1 atom stereocenters. The van der Waals surface area contributed by atoms with Crippen molar-refractivity contribution in [1.82, 2.24) is 4.90 Å². The molecule has 3 amide bonds. The highest BCUT2D eigenvalue weighted by Gasteiger charge is 2.36. The van der Waals surface area contributed by atoms with Crippen molar-refractivity contribution in [2.24, 2.45) is 0 Å². The maximum Gasteiger partial charge on any atom is 0.573 e. The Morgan fingerprint density at radius 1 is 1.21 bits per heavy atom. The van der Waals surface area contributed by atoms with Gasteiger partial charge in [-0.1, -0.05) is 0 Å². The summed E-state index contributed by atoms with van der Waals surface area (Å²) < 4.78 is 40.5. The molecule has 1 fully saturated rings. The number of alkyl halides is 3. The topological polar surface area (TPSA) is 91.0 Å². The number of benzene rings is 2. The maximum atomic E-state index is 12.8. The van der Waals surface area contributed by atoms with E-state index in [0.717, 1.165) is 37.2 Å². The van der Waals surface area contributed by atoms with E-state index in [0.29, 0.717) is 11.3 Å². The number of anilines is 3. The van der Waals surface area contributed by atoms with Crippen molar-refractivity contribution in [1.29, 1.82) is 0 Å². The van der Waals surface area contributed by atoms with E-state index in [2.05, 4.69) is 15.4 Å². The van der Waals surface area contributed by atoms with Crippen LogP contribution in [-0.4, -0.2) is 55.2 Å². The first-order valence-corrected chi connectivity index (χ1v) is 10.2. The number of fused-ring (bicyclic) bond motifs is 3. The van der Waals surface area contributed by atoms with Crippen molar-refractivity contribution in [3.05, 3.63) is 48.0 Å². The van der Waals surface area contributed by atoms with E-state index in [-0.39, 0.29) is 24.2 Å². The second-order valence-corrected chi connectivity index (χ2v) is 7.85. The lowest BCUT2D eigenvalue weighted by Crippen LogP contribution is -2.44. The monoisotopic (exact) mass is 462 g/mol. The third-order valence-corrected chi connectivity index (χ3v) is 5.47. The number of nitrogens with one attached hydrogen (secondary N) is 2. The predicted molar refractivity (Wildman–Crippen MR) is 114 cm³/mol. The molecule has 0 saturated carbocycles. The van der Waals surface area contributed by atoms with Crippen LogP contribution in [0.2, 0.25) is 0 Å². The molecule has 2 aromatic rings. The highest BCUT2D eigenvalue weighted by molar-refractivity contribution is 6.06. The summed E-state index contributed by atoms with van der Waals surface area (Å²) in [5, 5.41) is 5.36. The molecule has 1 unspecified atom stereocenters. The van der Waals surface area contributed by atoms with Gasteiger partial charge in [-0.25, -0.2) is 0 Å². The summed E-state index contributed by atoms with van der Waals surface area (Å²) in [5.41, 5.74) is 2.00. The molecule has 0 spiro atoms. The van der Waals surface area contributed by atoms with Crippen LogP contribution in [0.3, 0.4) is 0 Å². The van der Waals surface area contributed by atoms with Gasteiger partial charge in [-0.05, 0) is 55.3 Å². The lowest BCUT2D eigenvalue weighted by Gasteiger charge is -2.33. The number of nitrogens with zero attached hydrogens (tertiary/aromatic N) is 2. The van der Waals surface area contributed by atoms with Crippen LogP contribution in [0.5, 0.6) is 5.75 Å². The fourth-order valence-corrected chi connectivity index (χ4v) is 4.01. The normalized spacial score (nSPS) is 17.0. The van der Waals surface area contributed by atoms with Crippen LogP contribution in [0.15, 0.2) is 42.5 Å². The van der Waals surface area contributed by atoms with E-state index in [4.69, 9.17) is 0 Å². The molecule has 1 saturated heterocycles. The van der Waals surface area contributed by atoms with Gasteiger partial charge < -0.3 is 25.2 Å². The third kappa shape index (κ3) is 5.02. The average molecular weight is 462 g/mol. The van der Waals surface area contributed by atoms with Crippen LogP contribution in [-0.2, 0) is 9.59 Å². The molecule has 0 bridgehead atoms. The minimum absolute atomic E-state index is 0.0935. The molecule has 4 rings (SSSR count). The molecule has 0 radical (unpaired) electrons. The van der Waals surface area contributed by atoms with E-state index in [9.17, 15) is 27.6 Å². The first-order chi connectivity index (χ1) is 15.6. The van der Waals surface area contributed by atoms with Crippen LogP contribution >= 0.6 is 0 Å². The average Bonchev–Trinajstić information content (AvgIpc) is 3.24. The molecule has 8 nitrogen and oxygen atoms in total. The van der Waals surface area contributed by atoms with Crippen LogP contribution in [0.25, 0.3) is 0 Å². The van der Waals surface area contributed by atoms with Crippen LogP contribution in [0.4, 0.5) is 30.2 Å². The third-order valence-electron chi connectivity index (χ3n) is 5.47. The van der Waals surface area contributed by atoms with Gasteiger partial charge in [0, 0.05) is 24.8 Å². The lowest BCUT2D eigenvalue weighted by molar-refractivity contribution is -0.274. The summed E-state index contributed by atoms with van der Waals surface area (Å²) in [4.78, 5) is 40.6. The molecule has 33 heavy (non-hydrogen) atoms. The Balaban J connectivity index is 1.37. The zero-order chi connectivity index (χ0) is 23.8. The van der Waals surface area contributed by atoms with Gasteiger partial charge in [0.05, 0.1) is 17.9 Å². The fraction of sp³-hybridized carbons (Fsp3) is 0.318. The number of likely N-dealkylation sites (N-methyl/N-ethyl adjacent to an activating group) is 1. The van der Waals surface area contributed by atoms with Gasteiger partial charge in [0.15, 0.2) is 0 Å². The molecule has 2 N–H and O–H groups in total. The molecular weight excluding hydrogens is 441 g/mol. The predicted octanol–water partition coefficient (Wildman–Crippen LogP) is 3.22. The van der Waals surface area contributed by atoms with E-state index >= 15 is 0 Å². The number of carbonyl (C=O) groups is 3. The Morgan fingerprint density at radius 3 is 2.64 bits per heavy atom. The number of hydrogen-bond acceptors (Lipinski definition) is 5. The standard InChI is InChI=1S/C22H21F3N4O4/c1-28(12-19(30)26-14-5-7-15(8-6-14)33-22(23,24)25)21(32)13-4-9-17-16(11-13)27-20(31)18-3-2-10-29(17)18/h4-9,11,18H,2-3,10,12H2,1H3,(H,26,30)(H,27,31). The van der Waals surface area contributed by atoms with Crippen molar-refractivity contribution < 1.29 is 32.3 Å². The number of carbonyl (C=O) groups excluding carboxylic acids is 3. The number of amides is 3. The zero-order valence-electron chi connectivity index (χ0n) is 17.6. The number of hydrogen-bond donors (Lipinski definition) is 2. The Kier molecular flexibility index (Phi) is 5.88. The second-order valence-electron chi connectivity index (χ2n) is 7.85. The van der Waals surface area contributed by atoms with Crippen molar-refractivity contribution in [3.63, 3.8) is 0 Å². The second kappa shape index (κ2) is 8.64. The molecule has 0 aliphatic carbocycles. The van der Waals surface area contributed by atoms with Gasteiger partial charge in [0.1, 0.15) is 11.8 Å². The highest BCUT2D eigenvalue weighted by atomic mass is 19.4. The Bertz CT molecular complexity index is 1090. The fourth-order valence-electron chi connectivity index (χ4n) is 4.01. The minimum Gasteiger partial charge on any atom is -0.406 e. The Hall–Kier alpha value is -3.76. The highest BCUT2D eigenvalue weighted by Crippen LogP contribution is 2.37. The lowest BCUT2D eigenvalue weighted by atomic mass is 10.1. The van der Waals surface area contributed by atoms with Crippen molar-refractivity contribution in [3.8, 4) is 5.75 Å². The number of ether oxygens (including phenoxy) is 1. The van der Waals surface area contributed by atoms with Gasteiger partial charge >= 0.3 is 6.36 Å². The summed E-state index contributed by atoms with van der Waals surface area (Å²) >= 11 is 0. The van der Waals surface area contributed by atoms with Crippen LogP contribution in [0.1, 0.15) is 23.2 Å². The molecular formula is C22H21F3N4O4. The van der Waals surface area contributed by atoms with Crippen molar-refractivity contribution >= 4 is 34.8 Å². The van der Waals surface area contributed by atoms with E-state index in [1.807, 2.05) is 4.90 Å². The Labute approximate surface area is 187 Å². The summed E-state index contributed by atoms with van der Waals surface area (Å²) in [7, 11) is 1.46. The molecule has 174 valence electrons. The van der Waals surface area contributed by atoms with E-state index < -0.39 is 23.9 Å². The first kappa shape index (κ1) is 22.4. The summed E-state index contributed by atoms with van der Waals surface area (Å²) in [6.45, 7) is 0.499. The van der Waals surface area contributed by atoms with E-state index in [1.165, 1.54) is 24.1 Å². The molecule has 2 heterocycles. The molecule has 0 aromatic heterocycles. The minimum atomic E-state index is -4.80. The van der Waals surface area contributed by atoms with Crippen molar-refractivity contribution in [2.75, 3.05) is 35.7 Å².